The first-order valence-corrected chi connectivity index (χ1v) is 9.84. The molecule has 2 amide bonds. The molecule has 0 aromatic heterocycles. The van der Waals surface area contributed by atoms with Gasteiger partial charge >= 0.3 is 12.0 Å². The molecular formula is C18H32N4O4. The molecule has 0 spiro atoms. The predicted molar refractivity (Wildman–Crippen MR) is 97.2 cm³/mol. The quantitative estimate of drug-likeness (QED) is 0.707. The van der Waals surface area contributed by atoms with Gasteiger partial charge in [0.1, 0.15) is 0 Å². The van der Waals surface area contributed by atoms with E-state index in [-0.39, 0.29) is 30.7 Å². The summed E-state index contributed by atoms with van der Waals surface area (Å²) in [6.45, 7) is 9.18. The second-order valence-electron chi connectivity index (χ2n) is 7.67. The number of ether oxygens (including phenoxy) is 1. The number of carbonyl (C=O) groups is 2. The van der Waals surface area contributed by atoms with E-state index in [0.29, 0.717) is 6.04 Å². The Balaban J connectivity index is 1.44. The van der Waals surface area contributed by atoms with Crippen LogP contribution in [-0.2, 0) is 9.53 Å². The number of morpholine rings is 1. The lowest BCUT2D eigenvalue weighted by Gasteiger charge is -2.43. The molecule has 8 nitrogen and oxygen atoms in total. The summed E-state index contributed by atoms with van der Waals surface area (Å²) in [5.74, 6) is -0.792. The molecule has 2 heterocycles. The Labute approximate surface area is 155 Å². The van der Waals surface area contributed by atoms with Crippen molar-refractivity contribution in [2.75, 3.05) is 45.9 Å². The fourth-order valence-electron chi connectivity index (χ4n) is 4.54. The lowest BCUT2D eigenvalue weighted by atomic mass is 9.85. The molecule has 148 valence electrons. The Morgan fingerprint density at radius 3 is 2.54 bits per heavy atom. The Hall–Kier alpha value is -1.38. The number of rotatable bonds is 6. The van der Waals surface area contributed by atoms with Crippen molar-refractivity contribution in [1.29, 1.82) is 0 Å². The van der Waals surface area contributed by atoms with Gasteiger partial charge in [-0.05, 0) is 32.7 Å². The summed E-state index contributed by atoms with van der Waals surface area (Å²) in [5.41, 5.74) is 0. The minimum absolute atomic E-state index is 0.0259. The zero-order valence-corrected chi connectivity index (χ0v) is 15.9. The zero-order chi connectivity index (χ0) is 18.7. The van der Waals surface area contributed by atoms with Crippen LogP contribution < -0.4 is 5.32 Å². The third-order valence-corrected chi connectivity index (χ3v) is 6.19. The fraction of sp³-hybridized carbons (Fsp3) is 0.889. The van der Waals surface area contributed by atoms with Crippen molar-refractivity contribution in [3.05, 3.63) is 0 Å². The van der Waals surface area contributed by atoms with Crippen LogP contribution in [0.15, 0.2) is 0 Å². The van der Waals surface area contributed by atoms with Crippen LogP contribution in [0.5, 0.6) is 0 Å². The van der Waals surface area contributed by atoms with Gasteiger partial charge in [-0.1, -0.05) is 6.92 Å². The lowest BCUT2D eigenvalue weighted by Crippen LogP contribution is -2.58. The largest absolute Gasteiger partial charge is 0.480 e. The summed E-state index contributed by atoms with van der Waals surface area (Å²) in [6.07, 6.45) is 2.69. The molecule has 3 rings (SSSR count). The predicted octanol–water partition coefficient (Wildman–Crippen LogP) is 0.429. The fourth-order valence-corrected chi connectivity index (χ4v) is 4.54. The zero-order valence-electron chi connectivity index (χ0n) is 15.9. The number of nitrogens with one attached hydrogen (secondary N) is 1. The van der Waals surface area contributed by atoms with Crippen molar-refractivity contribution in [1.82, 2.24) is 20.0 Å². The standard InChI is InChI=1S/C18H32N4O4/c1-3-20(12-17(23)24)15-10-14(11-15)19-18(25)22-5-4-16(13(22)2)21-6-8-26-9-7-21/h13-16H,3-12H2,1-2H3,(H,19,25)(H,23,24)/t13-,14?,15?,16-/m1/s1. The monoisotopic (exact) mass is 368 g/mol. The van der Waals surface area contributed by atoms with Crippen LogP contribution in [0, 0.1) is 0 Å². The average molecular weight is 368 g/mol. The smallest absolute Gasteiger partial charge is 0.317 e. The molecule has 2 saturated heterocycles. The van der Waals surface area contributed by atoms with Crippen LogP contribution in [0.1, 0.15) is 33.1 Å². The van der Waals surface area contributed by atoms with Crippen LogP contribution in [0.4, 0.5) is 4.79 Å². The number of hydrogen-bond acceptors (Lipinski definition) is 5. The normalized spacial score (nSPS) is 32.5. The summed E-state index contributed by atoms with van der Waals surface area (Å²) in [6, 6.07) is 1.08. The second kappa shape index (κ2) is 8.54. The molecule has 0 unspecified atom stereocenters. The Morgan fingerprint density at radius 2 is 1.92 bits per heavy atom. The minimum Gasteiger partial charge on any atom is -0.480 e. The van der Waals surface area contributed by atoms with E-state index in [1.165, 1.54) is 0 Å². The van der Waals surface area contributed by atoms with Gasteiger partial charge < -0.3 is 20.1 Å². The first-order valence-electron chi connectivity index (χ1n) is 9.84. The van der Waals surface area contributed by atoms with Gasteiger partial charge in [0.25, 0.3) is 0 Å². The number of carboxylic acids is 1. The van der Waals surface area contributed by atoms with Gasteiger partial charge in [0.15, 0.2) is 0 Å². The van der Waals surface area contributed by atoms with Crippen LogP contribution in [-0.4, -0.2) is 102 Å². The maximum Gasteiger partial charge on any atom is 0.317 e. The van der Waals surface area contributed by atoms with Crippen molar-refractivity contribution >= 4 is 12.0 Å². The minimum atomic E-state index is -0.792. The summed E-state index contributed by atoms with van der Waals surface area (Å²) < 4.78 is 5.43. The second-order valence-corrected chi connectivity index (χ2v) is 7.67. The van der Waals surface area contributed by atoms with Crippen LogP contribution in [0.25, 0.3) is 0 Å². The van der Waals surface area contributed by atoms with Crippen molar-refractivity contribution in [2.24, 2.45) is 0 Å². The summed E-state index contributed by atoms with van der Waals surface area (Å²) >= 11 is 0. The Kier molecular flexibility index (Phi) is 6.37. The number of hydrogen-bond donors (Lipinski definition) is 2. The molecule has 8 heteroatoms. The molecule has 0 radical (unpaired) electrons. The number of carboxylic acid groups (broad SMARTS) is 1. The van der Waals surface area contributed by atoms with Crippen molar-refractivity contribution < 1.29 is 19.4 Å². The van der Waals surface area contributed by atoms with Gasteiger partial charge in [0, 0.05) is 43.8 Å². The molecule has 0 bridgehead atoms. The van der Waals surface area contributed by atoms with Gasteiger partial charge in [0.2, 0.25) is 0 Å². The molecule has 2 atom stereocenters. The number of likely N-dealkylation sites (N-methyl/N-ethyl adjacent to an activating group) is 1. The number of amides is 2. The molecule has 26 heavy (non-hydrogen) atoms. The SMILES string of the molecule is CCN(CC(=O)O)C1CC(NC(=O)N2CC[C@@H](N3CCOCC3)[C@H]2C)C1. The van der Waals surface area contributed by atoms with E-state index in [4.69, 9.17) is 9.84 Å². The molecule has 0 aromatic rings. The van der Waals surface area contributed by atoms with E-state index in [9.17, 15) is 9.59 Å². The van der Waals surface area contributed by atoms with E-state index in [0.717, 1.165) is 58.7 Å². The van der Waals surface area contributed by atoms with Crippen LogP contribution >= 0.6 is 0 Å². The summed E-state index contributed by atoms with van der Waals surface area (Å²) in [7, 11) is 0. The van der Waals surface area contributed by atoms with Crippen molar-refractivity contribution in [3.8, 4) is 0 Å². The molecule has 1 aliphatic carbocycles. The molecule has 1 saturated carbocycles. The van der Waals surface area contributed by atoms with E-state index in [1.807, 2.05) is 16.7 Å². The maximum atomic E-state index is 12.7. The molecule has 2 N–H and O–H groups in total. The highest BCUT2D eigenvalue weighted by atomic mass is 16.5. The Bertz CT molecular complexity index is 505. The van der Waals surface area contributed by atoms with Crippen LogP contribution in [0.3, 0.4) is 0 Å². The van der Waals surface area contributed by atoms with E-state index in [2.05, 4.69) is 17.1 Å². The first kappa shape index (κ1) is 19.4. The molecule has 2 aliphatic heterocycles. The lowest BCUT2D eigenvalue weighted by molar-refractivity contribution is -0.139. The van der Waals surface area contributed by atoms with Gasteiger partial charge in [-0.2, -0.15) is 0 Å². The number of nitrogens with zero attached hydrogens (tertiary/aromatic N) is 3. The third-order valence-electron chi connectivity index (χ3n) is 6.19. The van der Waals surface area contributed by atoms with Crippen LogP contribution in [0.2, 0.25) is 0 Å². The third kappa shape index (κ3) is 4.29. The van der Waals surface area contributed by atoms with Crippen molar-refractivity contribution in [2.45, 2.75) is 57.3 Å². The molecular weight excluding hydrogens is 336 g/mol. The summed E-state index contributed by atoms with van der Waals surface area (Å²) in [4.78, 5) is 30.0. The van der Waals surface area contributed by atoms with Gasteiger partial charge in [0.05, 0.1) is 19.8 Å². The van der Waals surface area contributed by atoms with E-state index >= 15 is 0 Å². The van der Waals surface area contributed by atoms with E-state index in [1.54, 1.807) is 0 Å². The van der Waals surface area contributed by atoms with Crippen molar-refractivity contribution in [3.63, 3.8) is 0 Å². The number of aliphatic carboxylic acids is 1. The summed E-state index contributed by atoms with van der Waals surface area (Å²) in [5, 5.41) is 12.1. The molecule has 3 aliphatic rings. The Morgan fingerprint density at radius 1 is 1.23 bits per heavy atom. The van der Waals surface area contributed by atoms with E-state index < -0.39 is 5.97 Å². The first-order chi connectivity index (χ1) is 12.5. The number of carbonyl (C=O) groups excluding carboxylic acids is 1. The highest BCUT2D eigenvalue weighted by Crippen LogP contribution is 2.27. The topological polar surface area (TPSA) is 85.4 Å². The molecule has 0 aromatic carbocycles. The molecule has 3 fully saturated rings. The van der Waals surface area contributed by atoms with Gasteiger partial charge in [-0.15, -0.1) is 0 Å². The average Bonchev–Trinajstić information content (AvgIpc) is 2.98. The highest BCUT2D eigenvalue weighted by Gasteiger charge is 2.40. The number of urea groups is 1. The number of likely N-dealkylation sites (tertiary alicyclic amines) is 1. The van der Waals surface area contributed by atoms with Gasteiger partial charge in [-0.25, -0.2) is 4.79 Å². The van der Waals surface area contributed by atoms with Gasteiger partial charge in [-0.3, -0.25) is 14.6 Å². The maximum absolute atomic E-state index is 12.7. The highest BCUT2D eigenvalue weighted by molar-refractivity contribution is 5.75.